The molecule has 2 heterocycles. The standard InChI is InChI=1S/C19H20FN3/c20-17-9-5-4-8-15(17)19-16-13-23(11-10-18(16)21-22-19)12-14-6-2-1-3-7-14/h1-9,16,19,22H,10-13H2. The Morgan fingerprint density at radius 1 is 1.09 bits per heavy atom. The van der Waals surface area contributed by atoms with Crippen LogP contribution in [-0.4, -0.2) is 23.7 Å². The first kappa shape index (κ1) is 14.4. The van der Waals surface area contributed by atoms with E-state index in [0.29, 0.717) is 0 Å². The Kier molecular flexibility index (Phi) is 3.83. The molecule has 0 bridgehead atoms. The second-order valence-electron chi connectivity index (χ2n) is 6.31. The number of likely N-dealkylation sites (tertiary alicyclic amines) is 1. The van der Waals surface area contributed by atoms with E-state index < -0.39 is 0 Å². The lowest BCUT2D eigenvalue weighted by molar-refractivity contribution is 0.219. The summed E-state index contributed by atoms with van der Waals surface area (Å²) in [5, 5.41) is 4.47. The number of hydrogen-bond acceptors (Lipinski definition) is 3. The summed E-state index contributed by atoms with van der Waals surface area (Å²) in [7, 11) is 0. The van der Waals surface area contributed by atoms with E-state index in [1.54, 1.807) is 6.07 Å². The fourth-order valence-corrected chi connectivity index (χ4v) is 3.61. The van der Waals surface area contributed by atoms with Crippen LogP contribution < -0.4 is 5.43 Å². The van der Waals surface area contributed by atoms with Crippen molar-refractivity contribution in [3.05, 3.63) is 71.5 Å². The van der Waals surface area contributed by atoms with Crippen LogP contribution >= 0.6 is 0 Å². The second-order valence-corrected chi connectivity index (χ2v) is 6.31. The van der Waals surface area contributed by atoms with Crippen LogP contribution in [0.2, 0.25) is 0 Å². The van der Waals surface area contributed by atoms with E-state index in [4.69, 9.17) is 0 Å². The molecular formula is C19H20FN3. The summed E-state index contributed by atoms with van der Waals surface area (Å²) in [4.78, 5) is 2.44. The summed E-state index contributed by atoms with van der Waals surface area (Å²) >= 11 is 0. The normalized spacial score (nSPS) is 24.0. The Bertz CT molecular complexity index is 714. The van der Waals surface area contributed by atoms with Crippen molar-refractivity contribution < 1.29 is 4.39 Å². The molecule has 2 aromatic rings. The molecule has 0 aliphatic carbocycles. The van der Waals surface area contributed by atoms with Crippen LogP contribution in [0.25, 0.3) is 0 Å². The third-order valence-electron chi connectivity index (χ3n) is 4.81. The van der Waals surface area contributed by atoms with Crippen molar-refractivity contribution in [2.75, 3.05) is 13.1 Å². The summed E-state index contributed by atoms with van der Waals surface area (Å²) in [6, 6.07) is 17.5. The van der Waals surface area contributed by atoms with Crippen molar-refractivity contribution in [3.63, 3.8) is 0 Å². The Labute approximate surface area is 135 Å². The van der Waals surface area contributed by atoms with Gasteiger partial charge in [0.05, 0.1) is 6.04 Å². The number of fused-ring (bicyclic) bond motifs is 1. The van der Waals surface area contributed by atoms with Crippen LogP contribution in [0.15, 0.2) is 59.7 Å². The zero-order valence-corrected chi connectivity index (χ0v) is 13.0. The van der Waals surface area contributed by atoms with Gasteiger partial charge in [-0.1, -0.05) is 48.5 Å². The van der Waals surface area contributed by atoms with Crippen LogP contribution in [0.5, 0.6) is 0 Å². The molecule has 2 aliphatic heterocycles. The molecule has 4 rings (SSSR count). The van der Waals surface area contributed by atoms with Gasteiger partial charge in [0.1, 0.15) is 5.82 Å². The highest BCUT2D eigenvalue weighted by molar-refractivity contribution is 5.89. The number of benzene rings is 2. The zero-order chi connectivity index (χ0) is 15.6. The quantitative estimate of drug-likeness (QED) is 0.941. The summed E-state index contributed by atoms with van der Waals surface area (Å²) < 4.78 is 14.1. The molecule has 0 spiro atoms. The average molecular weight is 309 g/mol. The number of nitrogens with zero attached hydrogens (tertiary/aromatic N) is 2. The lowest BCUT2D eigenvalue weighted by atomic mass is 9.86. The number of halogens is 1. The first-order chi connectivity index (χ1) is 11.3. The largest absolute Gasteiger partial charge is 0.302 e. The molecule has 2 aromatic carbocycles. The molecule has 0 saturated carbocycles. The van der Waals surface area contributed by atoms with Gasteiger partial charge in [0.2, 0.25) is 0 Å². The molecular weight excluding hydrogens is 289 g/mol. The lowest BCUT2D eigenvalue weighted by Gasteiger charge is -2.33. The maximum atomic E-state index is 14.1. The smallest absolute Gasteiger partial charge is 0.128 e. The Morgan fingerprint density at radius 2 is 1.87 bits per heavy atom. The number of rotatable bonds is 3. The van der Waals surface area contributed by atoms with E-state index in [1.165, 1.54) is 17.3 Å². The third kappa shape index (κ3) is 2.86. The molecule has 0 radical (unpaired) electrons. The van der Waals surface area contributed by atoms with Crippen LogP contribution in [0.4, 0.5) is 4.39 Å². The fraction of sp³-hybridized carbons (Fsp3) is 0.316. The summed E-state index contributed by atoms with van der Waals surface area (Å²) in [6.45, 7) is 2.87. The second kappa shape index (κ2) is 6.13. The molecule has 2 aliphatic rings. The van der Waals surface area contributed by atoms with E-state index in [-0.39, 0.29) is 17.8 Å². The molecule has 2 atom stereocenters. The lowest BCUT2D eigenvalue weighted by Crippen LogP contribution is -2.41. The maximum absolute atomic E-state index is 14.1. The van der Waals surface area contributed by atoms with Gasteiger partial charge in [0, 0.05) is 43.2 Å². The Morgan fingerprint density at radius 3 is 2.70 bits per heavy atom. The molecule has 1 fully saturated rings. The summed E-state index contributed by atoms with van der Waals surface area (Å²) in [5.41, 5.74) is 6.39. The molecule has 0 amide bonds. The Hall–Kier alpha value is -2.20. The van der Waals surface area contributed by atoms with Crippen molar-refractivity contribution >= 4 is 5.71 Å². The van der Waals surface area contributed by atoms with Gasteiger partial charge in [0.25, 0.3) is 0 Å². The average Bonchev–Trinajstić information content (AvgIpc) is 2.99. The minimum atomic E-state index is -0.151. The first-order valence-corrected chi connectivity index (χ1v) is 8.14. The number of hydrogen-bond donors (Lipinski definition) is 1. The van der Waals surface area contributed by atoms with Crippen molar-refractivity contribution in [1.29, 1.82) is 0 Å². The van der Waals surface area contributed by atoms with Gasteiger partial charge in [-0.2, -0.15) is 5.10 Å². The fourth-order valence-electron chi connectivity index (χ4n) is 3.61. The van der Waals surface area contributed by atoms with Crippen LogP contribution in [-0.2, 0) is 6.54 Å². The molecule has 1 N–H and O–H groups in total. The monoisotopic (exact) mass is 309 g/mol. The van der Waals surface area contributed by atoms with Crippen molar-refractivity contribution in [1.82, 2.24) is 10.3 Å². The minimum absolute atomic E-state index is 0.0511. The van der Waals surface area contributed by atoms with Gasteiger partial charge in [0.15, 0.2) is 0 Å². The number of piperidine rings is 1. The van der Waals surface area contributed by atoms with E-state index >= 15 is 0 Å². The van der Waals surface area contributed by atoms with Crippen LogP contribution in [0, 0.1) is 11.7 Å². The van der Waals surface area contributed by atoms with Crippen LogP contribution in [0.3, 0.4) is 0 Å². The molecule has 2 unspecified atom stereocenters. The highest BCUT2D eigenvalue weighted by Crippen LogP contribution is 2.33. The summed E-state index contributed by atoms with van der Waals surface area (Å²) in [6.07, 6.45) is 0.954. The number of nitrogens with one attached hydrogen (secondary N) is 1. The van der Waals surface area contributed by atoms with E-state index in [9.17, 15) is 4.39 Å². The molecule has 4 heteroatoms. The molecule has 118 valence electrons. The van der Waals surface area contributed by atoms with Gasteiger partial charge in [-0.05, 0) is 11.6 Å². The molecule has 23 heavy (non-hydrogen) atoms. The predicted octanol–water partition coefficient (Wildman–Crippen LogP) is 3.35. The SMILES string of the molecule is Fc1ccccc1C1NN=C2CCN(Cc3ccccc3)CC21. The molecule has 3 nitrogen and oxygen atoms in total. The van der Waals surface area contributed by atoms with Gasteiger partial charge >= 0.3 is 0 Å². The highest BCUT2D eigenvalue weighted by atomic mass is 19.1. The zero-order valence-electron chi connectivity index (χ0n) is 13.0. The minimum Gasteiger partial charge on any atom is -0.302 e. The Balaban J connectivity index is 1.51. The van der Waals surface area contributed by atoms with E-state index in [1.807, 2.05) is 18.2 Å². The maximum Gasteiger partial charge on any atom is 0.128 e. The highest BCUT2D eigenvalue weighted by Gasteiger charge is 2.37. The van der Waals surface area contributed by atoms with E-state index in [0.717, 1.165) is 31.6 Å². The third-order valence-corrected chi connectivity index (χ3v) is 4.81. The van der Waals surface area contributed by atoms with Gasteiger partial charge < -0.3 is 5.43 Å². The molecule has 0 aromatic heterocycles. The topological polar surface area (TPSA) is 27.6 Å². The summed E-state index contributed by atoms with van der Waals surface area (Å²) in [5.74, 6) is 0.103. The predicted molar refractivity (Wildman–Crippen MR) is 89.5 cm³/mol. The van der Waals surface area contributed by atoms with Gasteiger partial charge in [-0.25, -0.2) is 4.39 Å². The van der Waals surface area contributed by atoms with Gasteiger partial charge in [-0.15, -0.1) is 0 Å². The first-order valence-electron chi connectivity index (χ1n) is 8.14. The molecule has 1 saturated heterocycles. The number of hydrazone groups is 1. The van der Waals surface area contributed by atoms with Crippen molar-refractivity contribution in [2.45, 2.75) is 19.0 Å². The van der Waals surface area contributed by atoms with Crippen LogP contribution in [0.1, 0.15) is 23.6 Å². The van der Waals surface area contributed by atoms with Crippen molar-refractivity contribution in [2.24, 2.45) is 11.0 Å². The van der Waals surface area contributed by atoms with E-state index in [2.05, 4.69) is 39.7 Å². The van der Waals surface area contributed by atoms with Crippen molar-refractivity contribution in [3.8, 4) is 0 Å². The van der Waals surface area contributed by atoms with Gasteiger partial charge in [-0.3, -0.25) is 4.90 Å².